The number of hydrogen-bond acceptors (Lipinski definition) is 5. The third-order valence-corrected chi connectivity index (χ3v) is 8.38. The molecule has 0 saturated carbocycles. The van der Waals surface area contributed by atoms with Crippen molar-refractivity contribution in [3.05, 3.63) is 64.0 Å². The summed E-state index contributed by atoms with van der Waals surface area (Å²) < 4.78 is 40.8. The Bertz CT molecular complexity index is 1200. The van der Waals surface area contributed by atoms with E-state index in [1.54, 1.807) is 28.9 Å². The first kappa shape index (κ1) is 20.7. The molecule has 0 radical (unpaired) electrons. The SMILES string of the molecule is CN(C)S(=O)(=O)c1ccc(CNC(=O)c2nn(-c3ccc(F)cc3)c3c2CCC3)s1. The molecule has 2 heterocycles. The van der Waals surface area contributed by atoms with Gasteiger partial charge in [0.1, 0.15) is 10.0 Å². The van der Waals surface area contributed by atoms with Crippen molar-refractivity contribution in [1.29, 1.82) is 0 Å². The maximum absolute atomic E-state index is 13.3. The number of carbonyl (C=O) groups excluding carboxylic acids is 1. The van der Waals surface area contributed by atoms with Crippen LogP contribution in [0.5, 0.6) is 0 Å². The fourth-order valence-electron chi connectivity index (χ4n) is 3.44. The van der Waals surface area contributed by atoms with Crippen LogP contribution in [0.1, 0.15) is 33.0 Å². The largest absolute Gasteiger partial charge is 0.346 e. The van der Waals surface area contributed by atoms with Crippen molar-refractivity contribution in [2.45, 2.75) is 30.0 Å². The van der Waals surface area contributed by atoms with Crippen molar-refractivity contribution in [3.8, 4) is 5.69 Å². The summed E-state index contributed by atoms with van der Waals surface area (Å²) in [5, 5.41) is 7.33. The summed E-state index contributed by atoms with van der Waals surface area (Å²) in [6.07, 6.45) is 2.51. The minimum Gasteiger partial charge on any atom is -0.346 e. The Kier molecular flexibility index (Phi) is 5.48. The maximum atomic E-state index is 13.3. The number of benzene rings is 1. The molecule has 1 amide bonds. The van der Waals surface area contributed by atoms with Gasteiger partial charge in [-0.25, -0.2) is 21.8 Å². The second kappa shape index (κ2) is 7.93. The number of thiophene rings is 1. The van der Waals surface area contributed by atoms with E-state index in [2.05, 4.69) is 10.4 Å². The summed E-state index contributed by atoms with van der Waals surface area (Å²) in [7, 11) is -0.527. The molecule has 158 valence electrons. The Morgan fingerprint density at radius 1 is 1.20 bits per heavy atom. The van der Waals surface area contributed by atoms with Gasteiger partial charge in [0.05, 0.1) is 12.2 Å². The molecule has 1 aliphatic carbocycles. The molecule has 0 atom stereocenters. The molecular formula is C20H21FN4O3S2. The number of nitrogens with zero attached hydrogens (tertiary/aromatic N) is 3. The lowest BCUT2D eigenvalue weighted by molar-refractivity contribution is 0.0945. The Labute approximate surface area is 178 Å². The Hall–Kier alpha value is -2.56. The molecule has 2 aromatic heterocycles. The van der Waals surface area contributed by atoms with Crippen molar-refractivity contribution in [2.75, 3.05) is 14.1 Å². The predicted molar refractivity (Wildman–Crippen MR) is 112 cm³/mol. The Morgan fingerprint density at radius 2 is 1.93 bits per heavy atom. The number of nitrogens with one attached hydrogen (secondary N) is 1. The summed E-state index contributed by atoms with van der Waals surface area (Å²) in [4.78, 5) is 13.6. The lowest BCUT2D eigenvalue weighted by Gasteiger charge is -2.08. The van der Waals surface area contributed by atoms with Gasteiger partial charge in [0.2, 0.25) is 0 Å². The van der Waals surface area contributed by atoms with E-state index >= 15 is 0 Å². The Morgan fingerprint density at radius 3 is 2.63 bits per heavy atom. The van der Waals surface area contributed by atoms with E-state index in [1.807, 2.05) is 0 Å². The van der Waals surface area contributed by atoms with E-state index in [-0.39, 0.29) is 22.5 Å². The molecule has 30 heavy (non-hydrogen) atoms. The van der Waals surface area contributed by atoms with Gasteiger partial charge in [-0.2, -0.15) is 5.10 Å². The van der Waals surface area contributed by atoms with Crippen LogP contribution in [-0.2, 0) is 29.4 Å². The highest BCUT2D eigenvalue weighted by Gasteiger charge is 2.27. The zero-order valence-corrected chi connectivity index (χ0v) is 18.2. The summed E-state index contributed by atoms with van der Waals surface area (Å²) in [6.45, 7) is 0.213. The average Bonchev–Trinajstić information content (AvgIpc) is 3.43. The van der Waals surface area contributed by atoms with Crippen LogP contribution in [0, 0.1) is 5.82 Å². The zero-order valence-electron chi connectivity index (χ0n) is 16.6. The van der Waals surface area contributed by atoms with E-state index in [4.69, 9.17) is 0 Å². The van der Waals surface area contributed by atoms with Crippen molar-refractivity contribution >= 4 is 27.3 Å². The molecule has 7 nitrogen and oxygen atoms in total. The number of sulfonamides is 1. The van der Waals surface area contributed by atoms with Crippen LogP contribution in [-0.4, -0.2) is 42.5 Å². The van der Waals surface area contributed by atoms with Crippen LogP contribution in [0.15, 0.2) is 40.6 Å². The highest BCUT2D eigenvalue weighted by molar-refractivity contribution is 7.91. The average molecular weight is 449 g/mol. The van der Waals surface area contributed by atoms with Crippen LogP contribution in [0.2, 0.25) is 0 Å². The quantitative estimate of drug-likeness (QED) is 0.629. The highest BCUT2D eigenvalue weighted by Crippen LogP contribution is 2.28. The molecule has 0 saturated heterocycles. The summed E-state index contributed by atoms with van der Waals surface area (Å²) in [6, 6.07) is 9.26. The maximum Gasteiger partial charge on any atom is 0.272 e. The molecule has 10 heteroatoms. The third-order valence-electron chi connectivity index (χ3n) is 5.01. The molecule has 1 N–H and O–H groups in total. The molecule has 3 aromatic rings. The van der Waals surface area contributed by atoms with Crippen LogP contribution in [0.4, 0.5) is 4.39 Å². The standard InChI is InChI=1S/C20H21FN4O3S2/c1-24(2)30(27,28)18-11-10-15(29-18)12-22-20(26)19-16-4-3-5-17(16)25(23-19)14-8-6-13(21)7-9-14/h6-11H,3-5,12H2,1-2H3,(H,22,26). The number of amides is 1. The van der Waals surface area contributed by atoms with Gasteiger partial charge in [0.15, 0.2) is 5.69 Å². The van der Waals surface area contributed by atoms with Gasteiger partial charge < -0.3 is 5.32 Å². The summed E-state index contributed by atoms with van der Waals surface area (Å²) in [5.74, 6) is -0.633. The van der Waals surface area contributed by atoms with Crippen LogP contribution in [0.3, 0.4) is 0 Å². The van der Waals surface area contributed by atoms with Crippen LogP contribution in [0.25, 0.3) is 5.69 Å². The van der Waals surface area contributed by atoms with E-state index in [1.165, 1.54) is 26.2 Å². The summed E-state index contributed by atoms with van der Waals surface area (Å²) >= 11 is 1.13. The zero-order chi connectivity index (χ0) is 21.5. The van der Waals surface area contributed by atoms with Crippen molar-refractivity contribution in [3.63, 3.8) is 0 Å². The van der Waals surface area contributed by atoms with Gasteiger partial charge in [0, 0.05) is 30.2 Å². The van der Waals surface area contributed by atoms with Gasteiger partial charge in [-0.1, -0.05) is 0 Å². The number of aromatic nitrogens is 2. The number of hydrogen-bond donors (Lipinski definition) is 1. The molecule has 1 aromatic carbocycles. The van der Waals surface area contributed by atoms with Gasteiger partial charge in [-0.15, -0.1) is 11.3 Å². The topological polar surface area (TPSA) is 84.3 Å². The second-order valence-electron chi connectivity index (χ2n) is 7.21. The monoisotopic (exact) mass is 448 g/mol. The first-order valence-corrected chi connectivity index (χ1v) is 11.7. The lowest BCUT2D eigenvalue weighted by atomic mass is 10.2. The number of rotatable bonds is 6. The molecule has 0 spiro atoms. The smallest absolute Gasteiger partial charge is 0.272 e. The molecule has 4 rings (SSSR count). The number of halogens is 1. The van der Waals surface area contributed by atoms with E-state index in [9.17, 15) is 17.6 Å². The lowest BCUT2D eigenvalue weighted by Crippen LogP contribution is -2.24. The van der Waals surface area contributed by atoms with Gasteiger partial charge in [-0.05, 0) is 55.7 Å². The second-order valence-corrected chi connectivity index (χ2v) is 10.8. The first-order chi connectivity index (χ1) is 14.3. The van der Waals surface area contributed by atoms with Gasteiger partial charge in [-0.3, -0.25) is 4.79 Å². The number of fused-ring (bicyclic) bond motifs is 1. The van der Waals surface area contributed by atoms with Crippen LogP contribution >= 0.6 is 11.3 Å². The number of carbonyl (C=O) groups is 1. The van der Waals surface area contributed by atoms with Gasteiger partial charge in [0.25, 0.3) is 15.9 Å². The van der Waals surface area contributed by atoms with Crippen LogP contribution < -0.4 is 5.32 Å². The van der Waals surface area contributed by atoms with Gasteiger partial charge >= 0.3 is 0 Å². The molecule has 0 aliphatic heterocycles. The predicted octanol–water partition coefficient (Wildman–Crippen LogP) is 2.74. The normalized spacial score (nSPS) is 13.6. The molecular weight excluding hydrogens is 427 g/mol. The van der Waals surface area contributed by atoms with Crippen molar-refractivity contribution < 1.29 is 17.6 Å². The van der Waals surface area contributed by atoms with E-state index < -0.39 is 10.0 Å². The van der Waals surface area contributed by atoms with E-state index in [0.29, 0.717) is 11.4 Å². The Balaban J connectivity index is 1.53. The molecule has 0 fully saturated rings. The minimum absolute atomic E-state index is 0.213. The van der Waals surface area contributed by atoms with E-state index in [0.717, 1.165) is 51.0 Å². The fraction of sp³-hybridized carbons (Fsp3) is 0.300. The summed E-state index contributed by atoms with van der Waals surface area (Å²) in [5.41, 5.74) is 2.97. The van der Waals surface area contributed by atoms with Crippen molar-refractivity contribution in [1.82, 2.24) is 19.4 Å². The minimum atomic E-state index is -3.49. The molecule has 0 bridgehead atoms. The first-order valence-electron chi connectivity index (χ1n) is 9.43. The fourth-order valence-corrected chi connectivity index (χ4v) is 5.90. The molecule has 1 aliphatic rings. The third kappa shape index (κ3) is 3.78. The van der Waals surface area contributed by atoms with Crippen molar-refractivity contribution in [2.24, 2.45) is 0 Å². The molecule has 0 unspecified atom stereocenters. The highest BCUT2D eigenvalue weighted by atomic mass is 32.2.